The minimum absolute atomic E-state index is 0.0592. The molecule has 0 fully saturated rings. The molecule has 0 aliphatic heterocycles. The Bertz CT molecular complexity index is 1150. The highest BCUT2D eigenvalue weighted by Gasteiger charge is 2.16. The van der Waals surface area contributed by atoms with Gasteiger partial charge in [-0.2, -0.15) is 0 Å². The lowest BCUT2D eigenvalue weighted by atomic mass is 10.1. The summed E-state index contributed by atoms with van der Waals surface area (Å²) >= 11 is 5.97. The third-order valence-electron chi connectivity index (χ3n) is 4.09. The van der Waals surface area contributed by atoms with E-state index in [-0.39, 0.29) is 17.3 Å². The molecule has 5 nitrogen and oxygen atoms in total. The van der Waals surface area contributed by atoms with Gasteiger partial charge in [-0.1, -0.05) is 35.9 Å². The van der Waals surface area contributed by atoms with Gasteiger partial charge in [0.2, 0.25) is 0 Å². The van der Waals surface area contributed by atoms with Crippen molar-refractivity contribution in [2.45, 2.75) is 0 Å². The number of phenolic OH excluding ortho intramolecular Hbond substituents is 1. The standard InChI is InChI=1S/C21H14ClN3O2/c22-13-8-9-20(26)19(11-13)25-21(27)15-12-18(17-7-3-4-10-23-17)24-16-6-2-1-5-14(15)16/h1-12,26H,(H,25,27). The second-order valence-corrected chi connectivity index (χ2v) is 6.34. The Balaban J connectivity index is 1.82. The van der Waals surface area contributed by atoms with E-state index < -0.39 is 0 Å². The first kappa shape index (κ1) is 17.0. The largest absolute Gasteiger partial charge is 0.506 e. The number of hydrogen-bond acceptors (Lipinski definition) is 4. The fraction of sp³-hybridized carbons (Fsp3) is 0. The first-order valence-corrected chi connectivity index (χ1v) is 8.61. The lowest BCUT2D eigenvalue weighted by molar-refractivity contribution is 0.102. The summed E-state index contributed by atoms with van der Waals surface area (Å²) in [5, 5.41) is 13.8. The molecule has 6 heteroatoms. The number of hydrogen-bond donors (Lipinski definition) is 2. The van der Waals surface area contributed by atoms with Crippen molar-refractivity contribution in [2.24, 2.45) is 0 Å². The van der Waals surface area contributed by atoms with Gasteiger partial charge in [-0.05, 0) is 42.5 Å². The van der Waals surface area contributed by atoms with Crippen molar-refractivity contribution in [2.75, 3.05) is 5.32 Å². The van der Waals surface area contributed by atoms with E-state index in [0.717, 1.165) is 0 Å². The van der Waals surface area contributed by atoms with Crippen LogP contribution in [0.2, 0.25) is 5.02 Å². The van der Waals surface area contributed by atoms with Crippen LogP contribution in [-0.4, -0.2) is 21.0 Å². The molecular formula is C21H14ClN3O2. The van der Waals surface area contributed by atoms with Crippen molar-refractivity contribution in [3.63, 3.8) is 0 Å². The van der Waals surface area contributed by atoms with Crippen molar-refractivity contribution in [1.29, 1.82) is 0 Å². The second kappa shape index (κ2) is 7.05. The van der Waals surface area contributed by atoms with E-state index in [2.05, 4.69) is 15.3 Å². The van der Waals surface area contributed by atoms with E-state index in [4.69, 9.17) is 11.6 Å². The van der Waals surface area contributed by atoms with Crippen molar-refractivity contribution in [3.8, 4) is 17.1 Å². The van der Waals surface area contributed by atoms with Gasteiger partial charge >= 0.3 is 0 Å². The zero-order valence-electron chi connectivity index (χ0n) is 14.1. The van der Waals surface area contributed by atoms with Crippen LogP contribution in [0.1, 0.15) is 10.4 Å². The predicted molar refractivity (Wildman–Crippen MR) is 106 cm³/mol. The second-order valence-electron chi connectivity index (χ2n) is 5.90. The molecule has 0 atom stereocenters. The number of rotatable bonds is 3. The topological polar surface area (TPSA) is 75.1 Å². The van der Waals surface area contributed by atoms with Crippen LogP contribution >= 0.6 is 11.6 Å². The van der Waals surface area contributed by atoms with Gasteiger partial charge in [0.15, 0.2) is 0 Å². The normalized spacial score (nSPS) is 10.7. The number of anilines is 1. The number of carbonyl (C=O) groups excluding carboxylic acids is 1. The van der Waals surface area contributed by atoms with Gasteiger partial charge in [-0.15, -0.1) is 0 Å². The summed E-state index contributed by atoms with van der Waals surface area (Å²) in [6.07, 6.45) is 1.68. The van der Waals surface area contributed by atoms with Crippen molar-refractivity contribution >= 4 is 34.1 Å². The van der Waals surface area contributed by atoms with Crippen LogP contribution in [-0.2, 0) is 0 Å². The molecule has 0 saturated carbocycles. The molecule has 132 valence electrons. The number of amides is 1. The number of aromatic hydroxyl groups is 1. The van der Waals surface area contributed by atoms with E-state index in [0.29, 0.717) is 32.9 Å². The summed E-state index contributed by atoms with van der Waals surface area (Å²) in [5.41, 5.74) is 2.62. The zero-order valence-corrected chi connectivity index (χ0v) is 14.8. The molecule has 0 saturated heterocycles. The lowest BCUT2D eigenvalue weighted by Gasteiger charge is -2.11. The molecule has 2 heterocycles. The summed E-state index contributed by atoms with van der Waals surface area (Å²) in [4.78, 5) is 21.9. The Morgan fingerprint density at radius 1 is 0.963 bits per heavy atom. The molecule has 0 spiro atoms. The number of halogens is 1. The van der Waals surface area contributed by atoms with Gasteiger partial charge in [0.05, 0.1) is 28.2 Å². The van der Waals surface area contributed by atoms with Crippen LogP contribution in [0, 0.1) is 0 Å². The van der Waals surface area contributed by atoms with Gasteiger partial charge in [0.25, 0.3) is 5.91 Å². The van der Waals surface area contributed by atoms with Crippen molar-refractivity contribution in [3.05, 3.63) is 83.5 Å². The minimum Gasteiger partial charge on any atom is -0.506 e. The number of nitrogens with zero attached hydrogens (tertiary/aromatic N) is 2. The fourth-order valence-electron chi connectivity index (χ4n) is 2.81. The number of fused-ring (bicyclic) bond motifs is 1. The number of aromatic nitrogens is 2. The van der Waals surface area contributed by atoms with Gasteiger partial charge in [-0.25, -0.2) is 4.98 Å². The summed E-state index contributed by atoms with van der Waals surface area (Å²) in [7, 11) is 0. The molecule has 1 amide bonds. The number of para-hydroxylation sites is 1. The molecule has 0 bridgehead atoms. The highest BCUT2D eigenvalue weighted by atomic mass is 35.5. The highest BCUT2D eigenvalue weighted by Crippen LogP contribution is 2.29. The molecule has 2 aromatic heterocycles. The van der Waals surface area contributed by atoms with Gasteiger partial charge < -0.3 is 10.4 Å². The van der Waals surface area contributed by atoms with Crippen LogP contribution in [0.4, 0.5) is 5.69 Å². The average molecular weight is 376 g/mol. The maximum atomic E-state index is 13.0. The van der Waals surface area contributed by atoms with E-state index in [1.165, 1.54) is 12.1 Å². The zero-order chi connectivity index (χ0) is 18.8. The molecular weight excluding hydrogens is 362 g/mol. The molecule has 0 radical (unpaired) electrons. The van der Waals surface area contributed by atoms with Crippen LogP contribution in [0.25, 0.3) is 22.3 Å². The quantitative estimate of drug-likeness (QED) is 0.499. The predicted octanol–water partition coefficient (Wildman–Crippen LogP) is 4.91. The maximum Gasteiger partial charge on any atom is 0.256 e. The third kappa shape index (κ3) is 3.45. The van der Waals surface area contributed by atoms with E-state index >= 15 is 0 Å². The van der Waals surface area contributed by atoms with Crippen molar-refractivity contribution in [1.82, 2.24) is 9.97 Å². The Hall–Kier alpha value is -3.44. The third-order valence-corrected chi connectivity index (χ3v) is 4.33. The molecule has 0 aliphatic rings. The Morgan fingerprint density at radius 3 is 2.59 bits per heavy atom. The summed E-state index contributed by atoms with van der Waals surface area (Å²) < 4.78 is 0. The molecule has 2 N–H and O–H groups in total. The Morgan fingerprint density at radius 2 is 1.78 bits per heavy atom. The van der Waals surface area contributed by atoms with Crippen LogP contribution < -0.4 is 5.32 Å². The smallest absolute Gasteiger partial charge is 0.256 e. The van der Waals surface area contributed by atoms with Crippen molar-refractivity contribution < 1.29 is 9.90 Å². The molecule has 27 heavy (non-hydrogen) atoms. The Labute approximate surface area is 160 Å². The van der Waals surface area contributed by atoms with Gasteiger partial charge in [0.1, 0.15) is 5.75 Å². The SMILES string of the molecule is O=C(Nc1cc(Cl)ccc1O)c1cc(-c2ccccn2)nc2ccccc12. The molecule has 0 aliphatic carbocycles. The van der Waals surface area contributed by atoms with Crippen LogP contribution in [0.15, 0.2) is 72.9 Å². The minimum atomic E-state index is -0.372. The molecule has 4 aromatic rings. The molecule has 2 aromatic carbocycles. The number of nitrogens with one attached hydrogen (secondary N) is 1. The van der Waals surface area contributed by atoms with Gasteiger partial charge in [-0.3, -0.25) is 9.78 Å². The first-order valence-electron chi connectivity index (χ1n) is 8.23. The van der Waals surface area contributed by atoms with E-state index in [9.17, 15) is 9.90 Å². The highest BCUT2D eigenvalue weighted by molar-refractivity contribution is 6.31. The Kier molecular flexibility index (Phi) is 4.44. The average Bonchev–Trinajstić information content (AvgIpc) is 2.70. The van der Waals surface area contributed by atoms with E-state index in [1.54, 1.807) is 18.3 Å². The lowest BCUT2D eigenvalue weighted by Crippen LogP contribution is -2.13. The maximum absolute atomic E-state index is 13.0. The number of phenols is 1. The molecule has 0 unspecified atom stereocenters. The number of benzene rings is 2. The summed E-state index contributed by atoms with van der Waals surface area (Å²) in [6, 6.07) is 19.1. The number of carbonyl (C=O) groups is 1. The monoisotopic (exact) mass is 375 g/mol. The van der Waals surface area contributed by atoms with Gasteiger partial charge in [0, 0.05) is 16.6 Å². The van der Waals surface area contributed by atoms with Crippen LogP contribution in [0.5, 0.6) is 5.75 Å². The summed E-state index contributed by atoms with van der Waals surface area (Å²) in [5.74, 6) is -0.431. The van der Waals surface area contributed by atoms with Crippen LogP contribution in [0.3, 0.4) is 0 Å². The summed E-state index contributed by atoms with van der Waals surface area (Å²) in [6.45, 7) is 0. The first-order chi connectivity index (χ1) is 13.1. The molecule has 4 rings (SSSR count). The van der Waals surface area contributed by atoms with E-state index in [1.807, 2.05) is 42.5 Å². The fourth-order valence-corrected chi connectivity index (χ4v) is 2.98. The number of pyridine rings is 2.